The van der Waals surface area contributed by atoms with E-state index in [1.807, 2.05) is 30.3 Å². The number of hydrogen-bond acceptors (Lipinski definition) is 3. The van der Waals surface area contributed by atoms with Crippen LogP contribution in [0.1, 0.15) is 12.0 Å². The number of urea groups is 1. The maximum Gasteiger partial charge on any atom is 0.319 e. The van der Waals surface area contributed by atoms with Gasteiger partial charge in [0.1, 0.15) is 0 Å². The van der Waals surface area contributed by atoms with Gasteiger partial charge in [0, 0.05) is 18.8 Å². The molecule has 1 aliphatic rings. The molecule has 0 saturated carbocycles. The Bertz CT molecular complexity index is 805. The molecule has 3 rings (SSSR count). The highest BCUT2D eigenvalue weighted by molar-refractivity contribution is 7.93. The van der Waals surface area contributed by atoms with Crippen molar-refractivity contribution in [2.45, 2.75) is 13.0 Å². The lowest BCUT2D eigenvalue weighted by molar-refractivity contribution is 0.251. The van der Waals surface area contributed by atoms with E-state index in [9.17, 15) is 13.2 Å². The van der Waals surface area contributed by atoms with Gasteiger partial charge in [-0.2, -0.15) is 0 Å². The van der Waals surface area contributed by atoms with Crippen LogP contribution in [0.2, 0.25) is 0 Å². The van der Waals surface area contributed by atoms with E-state index in [-0.39, 0.29) is 11.8 Å². The van der Waals surface area contributed by atoms with Crippen LogP contribution in [0.15, 0.2) is 54.6 Å². The first-order valence-corrected chi connectivity index (χ1v) is 9.35. The van der Waals surface area contributed by atoms with Gasteiger partial charge in [-0.05, 0) is 36.2 Å². The number of amides is 2. The summed E-state index contributed by atoms with van der Waals surface area (Å²) in [7, 11) is -3.18. The molecule has 6 nitrogen and oxygen atoms in total. The Kier molecular flexibility index (Phi) is 4.71. The SMILES string of the molecule is O=C(NCc1ccccc1)Nc1ccc(N2CCCS2(=O)=O)cc1. The van der Waals surface area contributed by atoms with Gasteiger partial charge < -0.3 is 10.6 Å². The van der Waals surface area contributed by atoms with Crippen molar-refractivity contribution in [1.82, 2.24) is 5.32 Å². The standard InChI is InChI=1S/C17H19N3O3S/c21-17(18-13-14-5-2-1-3-6-14)19-15-7-9-16(10-8-15)20-11-4-12-24(20,22)23/h1-3,5-10H,4,11-13H2,(H2,18,19,21). The maximum atomic E-state index is 11.9. The van der Waals surface area contributed by atoms with Crippen molar-refractivity contribution in [3.63, 3.8) is 0 Å². The summed E-state index contributed by atoms with van der Waals surface area (Å²) in [5, 5.41) is 5.51. The van der Waals surface area contributed by atoms with Crippen molar-refractivity contribution in [3.8, 4) is 0 Å². The van der Waals surface area contributed by atoms with Gasteiger partial charge in [0.2, 0.25) is 10.0 Å². The van der Waals surface area contributed by atoms with Crippen molar-refractivity contribution < 1.29 is 13.2 Å². The predicted molar refractivity (Wildman–Crippen MR) is 94.5 cm³/mol. The Morgan fingerprint density at radius 3 is 2.38 bits per heavy atom. The highest BCUT2D eigenvalue weighted by Gasteiger charge is 2.28. The molecule has 0 bridgehead atoms. The quantitative estimate of drug-likeness (QED) is 0.894. The number of carbonyl (C=O) groups excluding carboxylic acids is 1. The summed E-state index contributed by atoms with van der Waals surface area (Å²) in [5.41, 5.74) is 2.26. The second-order valence-electron chi connectivity index (χ2n) is 5.58. The van der Waals surface area contributed by atoms with Crippen LogP contribution in [0, 0.1) is 0 Å². The van der Waals surface area contributed by atoms with Crippen molar-refractivity contribution in [2.24, 2.45) is 0 Å². The first kappa shape index (κ1) is 16.3. The number of sulfonamides is 1. The summed E-state index contributed by atoms with van der Waals surface area (Å²) in [6, 6.07) is 16.1. The van der Waals surface area contributed by atoms with E-state index < -0.39 is 10.0 Å². The van der Waals surface area contributed by atoms with Gasteiger partial charge in [0.25, 0.3) is 0 Å². The first-order valence-electron chi connectivity index (χ1n) is 7.74. The van der Waals surface area contributed by atoms with Gasteiger partial charge in [0.05, 0.1) is 11.4 Å². The summed E-state index contributed by atoms with van der Waals surface area (Å²) >= 11 is 0. The molecule has 0 atom stereocenters. The summed E-state index contributed by atoms with van der Waals surface area (Å²) in [6.45, 7) is 0.948. The smallest absolute Gasteiger partial charge is 0.319 e. The number of anilines is 2. The fourth-order valence-electron chi connectivity index (χ4n) is 2.59. The largest absolute Gasteiger partial charge is 0.334 e. The van der Waals surface area contributed by atoms with Crippen molar-refractivity contribution >= 4 is 27.4 Å². The Morgan fingerprint density at radius 2 is 1.75 bits per heavy atom. The Labute approximate surface area is 141 Å². The molecule has 24 heavy (non-hydrogen) atoms. The van der Waals surface area contributed by atoms with Gasteiger partial charge >= 0.3 is 6.03 Å². The molecule has 2 amide bonds. The Balaban J connectivity index is 1.57. The molecular weight excluding hydrogens is 326 g/mol. The van der Waals surface area contributed by atoms with E-state index in [2.05, 4.69) is 10.6 Å². The van der Waals surface area contributed by atoms with Crippen LogP contribution in [-0.4, -0.2) is 26.7 Å². The average molecular weight is 345 g/mol. The molecule has 1 saturated heterocycles. The zero-order chi connectivity index (χ0) is 17.0. The molecule has 0 radical (unpaired) electrons. The fourth-order valence-corrected chi connectivity index (χ4v) is 4.16. The summed E-state index contributed by atoms with van der Waals surface area (Å²) < 4.78 is 25.2. The molecule has 1 aliphatic heterocycles. The molecule has 0 spiro atoms. The molecule has 1 fully saturated rings. The third kappa shape index (κ3) is 3.86. The highest BCUT2D eigenvalue weighted by atomic mass is 32.2. The molecular formula is C17H19N3O3S. The van der Waals surface area contributed by atoms with Gasteiger partial charge in [0.15, 0.2) is 0 Å². The molecule has 2 aromatic carbocycles. The minimum atomic E-state index is -3.18. The predicted octanol–water partition coefficient (Wildman–Crippen LogP) is 2.55. The lowest BCUT2D eigenvalue weighted by atomic mass is 10.2. The molecule has 0 unspecified atom stereocenters. The second kappa shape index (κ2) is 6.92. The van der Waals surface area contributed by atoms with Crippen molar-refractivity contribution in [1.29, 1.82) is 0 Å². The van der Waals surface area contributed by atoms with E-state index in [0.29, 0.717) is 30.9 Å². The summed E-state index contributed by atoms with van der Waals surface area (Å²) in [4.78, 5) is 11.9. The van der Waals surface area contributed by atoms with Gasteiger partial charge in [-0.25, -0.2) is 13.2 Å². The number of hydrogen-bond donors (Lipinski definition) is 2. The van der Waals surface area contributed by atoms with Gasteiger partial charge in [-0.15, -0.1) is 0 Å². The number of rotatable bonds is 4. The topological polar surface area (TPSA) is 78.5 Å². The normalized spacial score (nSPS) is 15.9. The molecule has 2 aromatic rings. The summed E-state index contributed by atoms with van der Waals surface area (Å²) in [5.74, 6) is 0.189. The molecule has 0 aromatic heterocycles. The molecule has 126 valence electrons. The van der Waals surface area contributed by atoms with Crippen LogP contribution in [0.3, 0.4) is 0 Å². The minimum Gasteiger partial charge on any atom is -0.334 e. The molecule has 7 heteroatoms. The summed E-state index contributed by atoms with van der Waals surface area (Å²) in [6.07, 6.45) is 0.643. The van der Waals surface area contributed by atoms with Gasteiger partial charge in [-0.3, -0.25) is 4.31 Å². The number of nitrogens with one attached hydrogen (secondary N) is 2. The lowest BCUT2D eigenvalue weighted by Gasteiger charge is -2.17. The minimum absolute atomic E-state index is 0.189. The van der Waals surface area contributed by atoms with E-state index in [1.54, 1.807) is 24.3 Å². The molecule has 1 heterocycles. The van der Waals surface area contributed by atoms with Crippen LogP contribution in [0.5, 0.6) is 0 Å². The number of benzene rings is 2. The Hall–Kier alpha value is -2.54. The number of carbonyl (C=O) groups is 1. The van der Waals surface area contributed by atoms with E-state index in [4.69, 9.17) is 0 Å². The van der Waals surface area contributed by atoms with E-state index in [0.717, 1.165) is 5.56 Å². The first-order chi connectivity index (χ1) is 11.5. The van der Waals surface area contributed by atoms with Crippen LogP contribution in [0.25, 0.3) is 0 Å². The van der Waals surface area contributed by atoms with Crippen LogP contribution >= 0.6 is 0 Å². The lowest BCUT2D eigenvalue weighted by Crippen LogP contribution is -2.28. The fraction of sp³-hybridized carbons (Fsp3) is 0.235. The van der Waals surface area contributed by atoms with Crippen molar-refractivity contribution in [3.05, 3.63) is 60.2 Å². The maximum absolute atomic E-state index is 11.9. The van der Waals surface area contributed by atoms with Crippen LogP contribution in [0.4, 0.5) is 16.2 Å². The third-order valence-corrected chi connectivity index (χ3v) is 5.68. The molecule has 0 aliphatic carbocycles. The van der Waals surface area contributed by atoms with E-state index >= 15 is 0 Å². The van der Waals surface area contributed by atoms with Gasteiger partial charge in [-0.1, -0.05) is 30.3 Å². The Morgan fingerprint density at radius 1 is 1.04 bits per heavy atom. The van der Waals surface area contributed by atoms with Crippen molar-refractivity contribution in [2.75, 3.05) is 21.9 Å². The molecule has 2 N–H and O–H groups in total. The zero-order valence-corrected chi connectivity index (χ0v) is 13.9. The van der Waals surface area contributed by atoms with Crippen LogP contribution < -0.4 is 14.9 Å². The van der Waals surface area contributed by atoms with E-state index in [1.165, 1.54) is 4.31 Å². The number of nitrogens with zero attached hydrogens (tertiary/aromatic N) is 1. The second-order valence-corrected chi connectivity index (χ2v) is 7.59. The monoisotopic (exact) mass is 345 g/mol. The van der Waals surface area contributed by atoms with Crippen LogP contribution in [-0.2, 0) is 16.6 Å². The third-order valence-electron chi connectivity index (χ3n) is 3.81. The average Bonchev–Trinajstić information content (AvgIpc) is 2.94. The zero-order valence-electron chi connectivity index (χ0n) is 13.1. The highest BCUT2D eigenvalue weighted by Crippen LogP contribution is 2.25.